The molecule has 0 aliphatic carbocycles. The standard InChI is InChI=1S/C22H13N3/c1-2-7-16-15(5-1)13-25-21(16)19-12-20-14(6-3-9-23-20)11-18(19)17-8-4-10-24-22(17)25/h1-13H. The highest BCUT2D eigenvalue weighted by Crippen LogP contribution is 2.35. The van der Waals surface area contributed by atoms with E-state index < -0.39 is 0 Å². The van der Waals surface area contributed by atoms with E-state index in [1.54, 1.807) is 0 Å². The van der Waals surface area contributed by atoms with Crippen LogP contribution in [0.5, 0.6) is 0 Å². The third-order valence-electron chi connectivity index (χ3n) is 5.03. The van der Waals surface area contributed by atoms with Crippen molar-refractivity contribution in [3.05, 3.63) is 79.3 Å². The summed E-state index contributed by atoms with van der Waals surface area (Å²) in [5, 5.41) is 7.22. The Morgan fingerprint density at radius 2 is 1.44 bits per heavy atom. The van der Waals surface area contributed by atoms with Gasteiger partial charge in [-0.25, -0.2) is 4.98 Å². The van der Waals surface area contributed by atoms with Crippen molar-refractivity contribution in [3.8, 4) is 0 Å². The molecule has 6 rings (SSSR count). The van der Waals surface area contributed by atoms with Gasteiger partial charge in [-0.05, 0) is 35.7 Å². The first-order valence-corrected chi connectivity index (χ1v) is 8.35. The minimum Gasteiger partial charge on any atom is -0.299 e. The number of rotatable bonds is 0. The van der Waals surface area contributed by atoms with Gasteiger partial charge in [0.25, 0.3) is 0 Å². The van der Waals surface area contributed by atoms with E-state index in [2.05, 4.69) is 69.1 Å². The first-order chi connectivity index (χ1) is 12.4. The minimum absolute atomic E-state index is 0.990. The second-order valence-corrected chi connectivity index (χ2v) is 6.40. The summed E-state index contributed by atoms with van der Waals surface area (Å²) in [4.78, 5) is 9.24. The summed E-state index contributed by atoms with van der Waals surface area (Å²) < 4.78 is 2.22. The molecular weight excluding hydrogens is 306 g/mol. The molecule has 0 atom stereocenters. The lowest BCUT2D eigenvalue weighted by atomic mass is 10.0. The third-order valence-corrected chi connectivity index (χ3v) is 5.03. The van der Waals surface area contributed by atoms with Crippen LogP contribution < -0.4 is 0 Å². The van der Waals surface area contributed by atoms with E-state index in [1.807, 2.05) is 24.5 Å². The van der Waals surface area contributed by atoms with Crippen LogP contribution in [0, 0.1) is 0 Å². The maximum absolute atomic E-state index is 4.68. The van der Waals surface area contributed by atoms with Gasteiger partial charge in [-0.3, -0.25) is 9.38 Å². The lowest BCUT2D eigenvalue weighted by Crippen LogP contribution is -1.92. The lowest BCUT2D eigenvalue weighted by Gasteiger charge is -2.10. The Hall–Kier alpha value is -3.46. The summed E-state index contributed by atoms with van der Waals surface area (Å²) in [6.07, 6.45) is 5.90. The monoisotopic (exact) mass is 319 g/mol. The molecule has 116 valence electrons. The van der Waals surface area contributed by atoms with Crippen LogP contribution >= 0.6 is 0 Å². The van der Waals surface area contributed by atoms with Crippen LogP contribution in [0.25, 0.3) is 49.0 Å². The lowest BCUT2D eigenvalue weighted by molar-refractivity contribution is 1.21. The maximum Gasteiger partial charge on any atom is 0.145 e. The van der Waals surface area contributed by atoms with Crippen molar-refractivity contribution < 1.29 is 0 Å². The Kier molecular flexibility index (Phi) is 2.35. The van der Waals surface area contributed by atoms with Gasteiger partial charge in [0.05, 0.1) is 11.0 Å². The molecule has 0 spiro atoms. The van der Waals surface area contributed by atoms with Gasteiger partial charge in [-0.15, -0.1) is 0 Å². The van der Waals surface area contributed by atoms with Crippen LogP contribution in [-0.4, -0.2) is 14.4 Å². The average Bonchev–Trinajstić information content (AvgIpc) is 3.07. The molecule has 0 saturated heterocycles. The van der Waals surface area contributed by atoms with Gasteiger partial charge in [0, 0.05) is 45.5 Å². The van der Waals surface area contributed by atoms with E-state index in [9.17, 15) is 0 Å². The van der Waals surface area contributed by atoms with Gasteiger partial charge < -0.3 is 0 Å². The molecule has 0 fully saturated rings. The third kappa shape index (κ3) is 1.64. The molecule has 0 N–H and O–H groups in total. The van der Waals surface area contributed by atoms with Crippen molar-refractivity contribution in [1.82, 2.24) is 14.4 Å². The highest BCUT2D eigenvalue weighted by molar-refractivity contribution is 6.21. The van der Waals surface area contributed by atoms with Crippen LogP contribution in [0.4, 0.5) is 0 Å². The first-order valence-electron chi connectivity index (χ1n) is 8.35. The quantitative estimate of drug-likeness (QED) is 0.279. The summed E-state index contributed by atoms with van der Waals surface area (Å²) in [7, 11) is 0. The molecule has 0 bridgehead atoms. The summed E-state index contributed by atoms with van der Waals surface area (Å²) in [5.74, 6) is 0. The van der Waals surface area contributed by atoms with Crippen molar-refractivity contribution >= 4 is 49.0 Å². The predicted octanol–water partition coefficient (Wildman–Crippen LogP) is 5.34. The fraction of sp³-hybridized carbons (Fsp3) is 0. The van der Waals surface area contributed by atoms with Gasteiger partial charge in [0.15, 0.2) is 0 Å². The number of fused-ring (bicyclic) bond motifs is 9. The molecule has 25 heavy (non-hydrogen) atoms. The molecule has 4 aromatic heterocycles. The van der Waals surface area contributed by atoms with Crippen LogP contribution in [0.1, 0.15) is 0 Å². The highest BCUT2D eigenvalue weighted by Gasteiger charge is 2.13. The molecule has 0 unspecified atom stereocenters. The normalized spacial score (nSPS) is 12.0. The van der Waals surface area contributed by atoms with Crippen LogP contribution in [0.2, 0.25) is 0 Å². The number of benzene rings is 2. The summed E-state index contributed by atoms with van der Waals surface area (Å²) in [6.45, 7) is 0. The molecule has 0 aliphatic heterocycles. The predicted molar refractivity (Wildman–Crippen MR) is 103 cm³/mol. The van der Waals surface area contributed by atoms with E-state index in [4.69, 9.17) is 0 Å². The van der Waals surface area contributed by atoms with E-state index in [0.717, 1.165) is 21.9 Å². The van der Waals surface area contributed by atoms with Crippen molar-refractivity contribution in [2.75, 3.05) is 0 Å². The Morgan fingerprint density at radius 1 is 0.640 bits per heavy atom. The van der Waals surface area contributed by atoms with Crippen LogP contribution in [0.3, 0.4) is 0 Å². The number of nitrogens with zero attached hydrogens (tertiary/aromatic N) is 3. The fourth-order valence-corrected chi connectivity index (χ4v) is 3.94. The largest absolute Gasteiger partial charge is 0.299 e. The van der Waals surface area contributed by atoms with E-state index >= 15 is 0 Å². The molecule has 3 heteroatoms. The summed E-state index contributed by atoms with van der Waals surface area (Å²) >= 11 is 0. The van der Waals surface area contributed by atoms with E-state index in [-0.39, 0.29) is 0 Å². The molecule has 0 amide bonds. The van der Waals surface area contributed by atoms with Gasteiger partial charge in [0.1, 0.15) is 5.65 Å². The molecule has 0 saturated carbocycles. The van der Waals surface area contributed by atoms with Crippen molar-refractivity contribution in [1.29, 1.82) is 0 Å². The second kappa shape index (κ2) is 4.54. The number of hydrogen-bond donors (Lipinski definition) is 0. The summed E-state index contributed by atoms with van der Waals surface area (Å²) in [5.41, 5.74) is 3.21. The van der Waals surface area contributed by atoms with Crippen LogP contribution in [0.15, 0.2) is 79.3 Å². The molecule has 6 aromatic rings. The van der Waals surface area contributed by atoms with Gasteiger partial charge >= 0.3 is 0 Å². The number of hydrogen-bond acceptors (Lipinski definition) is 2. The van der Waals surface area contributed by atoms with Gasteiger partial charge in [-0.2, -0.15) is 0 Å². The average molecular weight is 319 g/mol. The molecule has 4 heterocycles. The Balaban J connectivity index is 2.03. The highest BCUT2D eigenvalue weighted by atomic mass is 15.0. The Morgan fingerprint density at radius 3 is 2.44 bits per heavy atom. The van der Waals surface area contributed by atoms with Crippen molar-refractivity contribution in [2.24, 2.45) is 0 Å². The second-order valence-electron chi connectivity index (χ2n) is 6.40. The van der Waals surface area contributed by atoms with Crippen molar-refractivity contribution in [3.63, 3.8) is 0 Å². The minimum atomic E-state index is 0.990. The fourth-order valence-electron chi connectivity index (χ4n) is 3.94. The SMILES string of the molecule is c1cnc2cc3c(cc2c1)c1cccnc1n1cc2ccccc2c31. The topological polar surface area (TPSA) is 30.2 Å². The maximum atomic E-state index is 4.68. The van der Waals surface area contributed by atoms with E-state index in [0.29, 0.717) is 0 Å². The number of aromatic nitrogens is 3. The molecule has 0 radical (unpaired) electrons. The Bertz CT molecular complexity index is 1440. The zero-order valence-corrected chi connectivity index (χ0v) is 13.3. The zero-order chi connectivity index (χ0) is 16.4. The molecular formula is C22H13N3. The van der Waals surface area contributed by atoms with Crippen LogP contribution in [-0.2, 0) is 0 Å². The molecule has 3 nitrogen and oxygen atoms in total. The van der Waals surface area contributed by atoms with E-state index in [1.165, 1.54) is 27.1 Å². The van der Waals surface area contributed by atoms with Gasteiger partial charge in [0.2, 0.25) is 0 Å². The summed E-state index contributed by atoms with van der Waals surface area (Å²) in [6, 6.07) is 21.2. The number of pyridine rings is 3. The molecule has 0 aliphatic rings. The first kappa shape index (κ1) is 12.9. The van der Waals surface area contributed by atoms with Gasteiger partial charge in [-0.1, -0.05) is 30.3 Å². The molecule has 2 aromatic carbocycles. The zero-order valence-electron chi connectivity index (χ0n) is 13.3. The smallest absolute Gasteiger partial charge is 0.145 e. The van der Waals surface area contributed by atoms with Crippen molar-refractivity contribution in [2.45, 2.75) is 0 Å². The Labute approximate surface area is 143 Å².